The average molecular weight is 487 g/mol. The third-order valence-electron chi connectivity index (χ3n) is 7.61. The fourth-order valence-corrected chi connectivity index (χ4v) is 5.68. The van der Waals surface area contributed by atoms with Crippen LogP contribution in [0, 0.1) is 5.92 Å². The molecule has 4 aromatic rings. The van der Waals surface area contributed by atoms with Gasteiger partial charge in [-0.15, -0.1) is 0 Å². The van der Waals surface area contributed by atoms with Crippen LogP contribution in [-0.2, 0) is 13.2 Å². The zero-order chi connectivity index (χ0) is 23.8. The van der Waals surface area contributed by atoms with E-state index in [2.05, 4.69) is 51.2 Å². The Labute approximate surface area is 211 Å². The topological polar surface area (TPSA) is 53.3 Å². The second-order valence-corrected chi connectivity index (χ2v) is 10.2. The van der Waals surface area contributed by atoms with Crippen LogP contribution in [-0.4, -0.2) is 40.8 Å². The molecule has 6 rings (SSSR count). The smallest absolute Gasteiger partial charge is 0.142 e. The van der Waals surface area contributed by atoms with Gasteiger partial charge in [0.15, 0.2) is 0 Å². The molecule has 1 saturated carbocycles. The van der Waals surface area contributed by atoms with Gasteiger partial charge < -0.3 is 19.9 Å². The Morgan fingerprint density at radius 2 is 1.66 bits per heavy atom. The normalized spacial score (nSPS) is 16.6. The lowest BCUT2D eigenvalue weighted by Crippen LogP contribution is -2.43. The van der Waals surface area contributed by atoms with Crippen molar-refractivity contribution in [2.45, 2.75) is 32.4 Å². The quantitative estimate of drug-likeness (QED) is 0.365. The van der Waals surface area contributed by atoms with Crippen LogP contribution in [0.2, 0.25) is 5.02 Å². The molecule has 1 saturated heterocycles. The van der Waals surface area contributed by atoms with Crippen molar-refractivity contribution in [1.29, 1.82) is 0 Å². The highest BCUT2D eigenvalue weighted by Crippen LogP contribution is 2.44. The molecular formula is C29H31ClN4O. The molecule has 0 atom stereocenters. The maximum Gasteiger partial charge on any atom is 0.142 e. The molecule has 0 spiro atoms. The lowest BCUT2D eigenvalue weighted by Gasteiger charge is -2.29. The number of benzene rings is 2. The number of nitrogens with zero attached hydrogens (tertiary/aromatic N) is 3. The summed E-state index contributed by atoms with van der Waals surface area (Å²) in [4.78, 5) is 7.28. The first-order valence-electron chi connectivity index (χ1n) is 12.7. The van der Waals surface area contributed by atoms with Gasteiger partial charge in [-0.05, 0) is 53.6 Å². The van der Waals surface area contributed by atoms with E-state index in [0.29, 0.717) is 5.92 Å². The lowest BCUT2D eigenvalue weighted by molar-refractivity contribution is 0.280. The van der Waals surface area contributed by atoms with Gasteiger partial charge >= 0.3 is 0 Å². The SMILES string of the molecule is OCc1ccc(-c2c(-c3ccc(N4CCNCC4)cc3)n(CC3CCC3)c3nccc(Cl)c23)cc1. The number of nitrogens with one attached hydrogen (secondary N) is 1. The molecular weight excluding hydrogens is 456 g/mol. The first-order chi connectivity index (χ1) is 17.2. The first kappa shape index (κ1) is 22.6. The molecule has 1 aliphatic carbocycles. The highest BCUT2D eigenvalue weighted by Gasteiger charge is 2.26. The van der Waals surface area contributed by atoms with Crippen molar-refractivity contribution in [3.05, 3.63) is 71.4 Å². The van der Waals surface area contributed by atoms with Crippen molar-refractivity contribution < 1.29 is 5.11 Å². The molecule has 2 fully saturated rings. The predicted octanol–water partition coefficient (Wildman–Crippen LogP) is 5.73. The highest BCUT2D eigenvalue weighted by molar-refractivity contribution is 6.37. The van der Waals surface area contributed by atoms with E-state index in [4.69, 9.17) is 16.6 Å². The summed E-state index contributed by atoms with van der Waals surface area (Å²) in [5.41, 5.74) is 7.69. The van der Waals surface area contributed by atoms with Crippen LogP contribution in [0.25, 0.3) is 33.4 Å². The summed E-state index contributed by atoms with van der Waals surface area (Å²) in [7, 11) is 0. The summed E-state index contributed by atoms with van der Waals surface area (Å²) in [6.45, 7) is 5.09. The number of anilines is 1. The van der Waals surface area contributed by atoms with Crippen molar-refractivity contribution >= 4 is 28.3 Å². The summed E-state index contributed by atoms with van der Waals surface area (Å²) in [5, 5.41) is 14.7. The van der Waals surface area contributed by atoms with Gasteiger partial charge in [0.25, 0.3) is 0 Å². The van der Waals surface area contributed by atoms with Crippen molar-refractivity contribution in [3.63, 3.8) is 0 Å². The Balaban J connectivity index is 1.54. The summed E-state index contributed by atoms with van der Waals surface area (Å²) in [6, 6.07) is 19.1. The fraction of sp³-hybridized carbons (Fsp3) is 0.345. The number of aromatic nitrogens is 2. The molecule has 0 amide bonds. The molecule has 2 aliphatic rings. The van der Waals surface area contributed by atoms with Gasteiger partial charge in [-0.3, -0.25) is 0 Å². The van der Waals surface area contributed by atoms with E-state index < -0.39 is 0 Å². The van der Waals surface area contributed by atoms with Crippen LogP contribution >= 0.6 is 11.6 Å². The average Bonchev–Trinajstić information content (AvgIpc) is 3.22. The Bertz CT molecular complexity index is 1320. The van der Waals surface area contributed by atoms with Gasteiger partial charge in [-0.25, -0.2) is 4.98 Å². The van der Waals surface area contributed by atoms with E-state index in [1.165, 1.54) is 36.2 Å². The number of fused-ring (bicyclic) bond motifs is 1. The molecule has 6 heteroatoms. The standard InChI is InChI=1S/C29H31ClN4O/c30-25-12-13-32-29-27(25)26(22-6-4-21(19-35)5-7-22)28(34(29)18-20-2-1-3-20)23-8-10-24(11-9-23)33-16-14-31-15-17-33/h4-13,20,31,35H,1-3,14-19H2. The van der Waals surface area contributed by atoms with E-state index in [0.717, 1.165) is 65.5 Å². The van der Waals surface area contributed by atoms with Gasteiger partial charge in [0.2, 0.25) is 0 Å². The second kappa shape index (κ2) is 9.65. The Morgan fingerprint density at radius 1 is 0.943 bits per heavy atom. The number of hydrogen-bond donors (Lipinski definition) is 2. The summed E-state index contributed by atoms with van der Waals surface area (Å²) >= 11 is 6.85. The van der Waals surface area contributed by atoms with Crippen molar-refractivity contribution in [1.82, 2.24) is 14.9 Å². The Kier molecular flexibility index (Phi) is 6.23. The van der Waals surface area contributed by atoms with E-state index in [9.17, 15) is 5.11 Å². The molecule has 0 radical (unpaired) electrons. The van der Waals surface area contributed by atoms with Crippen LogP contribution in [0.3, 0.4) is 0 Å². The number of halogens is 1. The zero-order valence-corrected chi connectivity index (χ0v) is 20.6. The maximum atomic E-state index is 9.57. The molecule has 0 bridgehead atoms. The summed E-state index contributed by atoms with van der Waals surface area (Å²) in [5.74, 6) is 0.676. The molecule has 3 heterocycles. The summed E-state index contributed by atoms with van der Waals surface area (Å²) in [6.07, 6.45) is 5.66. The van der Waals surface area contributed by atoms with Crippen molar-refractivity contribution in [3.8, 4) is 22.4 Å². The van der Waals surface area contributed by atoms with Crippen molar-refractivity contribution in [2.75, 3.05) is 31.1 Å². The van der Waals surface area contributed by atoms with Gasteiger partial charge in [0, 0.05) is 55.6 Å². The molecule has 1 aliphatic heterocycles. The zero-order valence-electron chi connectivity index (χ0n) is 19.9. The van der Waals surface area contributed by atoms with Gasteiger partial charge in [-0.1, -0.05) is 54.4 Å². The molecule has 35 heavy (non-hydrogen) atoms. The lowest BCUT2D eigenvalue weighted by atomic mass is 9.85. The van der Waals surface area contributed by atoms with Gasteiger partial charge in [-0.2, -0.15) is 0 Å². The maximum absolute atomic E-state index is 9.57. The van der Waals surface area contributed by atoms with E-state index in [1.54, 1.807) is 0 Å². The first-order valence-corrected chi connectivity index (χ1v) is 13.0. The number of aliphatic hydroxyl groups is 1. The minimum absolute atomic E-state index is 0.0341. The van der Waals surface area contributed by atoms with Crippen LogP contribution in [0.5, 0.6) is 0 Å². The van der Waals surface area contributed by atoms with Crippen LogP contribution in [0.15, 0.2) is 60.8 Å². The largest absolute Gasteiger partial charge is 0.392 e. The second-order valence-electron chi connectivity index (χ2n) is 9.76. The molecule has 0 unspecified atom stereocenters. The van der Waals surface area contributed by atoms with Crippen LogP contribution < -0.4 is 10.2 Å². The minimum atomic E-state index is 0.0341. The molecule has 180 valence electrons. The van der Waals surface area contributed by atoms with Gasteiger partial charge in [0.05, 0.1) is 17.3 Å². The highest BCUT2D eigenvalue weighted by atomic mass is 35.5. The Hall–Kier alpha value is -2.86. The number of hydrogen-bond acceptors (Lipinski definition) is 4. The Morgan fingerprint density at radius 3 is 2.31 bits per heavy atom. The monoisotopic (exact) mass is 486 g/mol. The van der Waals surface area contributed by atoms with E-state index >= 15 is 0 Å². The molecule has 5 nitrogen and oxygen atoms in total. The molecule has 2 N–H and O–H groups in total. The predicted molar refractivity (Wildman–Crippen MR) is 144 cm³/mol. The number of pyridine rings is 1. The molecule has 2 aromatic heterocycles. The third-order valence-corrected chi connectivity index (χ3v) is 7.92. The van der Waals surface area contributed by atoms with Gasteiger partial charge in [0.1, 0.15) is 5.65 Å². The number of rotatable bonds is 6. The van der Waals surface area contributed by atoms with Crippen LogP contribution in [0.4, 0.5) is 5.69 Å². The minimum Gasteiger partial charge on any atom is -0.392 e. The number of piperazine rings is 1. The number of aliphatic hydroxyl groups excluding tert-OH is 1. The van der Waals surface area contributed by atoms with Crippen LogP contribution in [0.1, 0.15) is 24.8 Å². The molecule has 2 aromatic carbocycles. The van der Waals surface area contributed by atoms with E-state index in [1.807, 2.05) is 24.4 Å². The fourth-order valence-electron chi connectivity index (χ4n) is 5.45. The van der Waals surface area contributed by atoms with Crippen molar-refractivity contribution in [2.24, 2.45) is 5.92 Å². The third kappa shape index (κ3) is 4.22. The van der Waals surface area contributed by atoms with E-state index in [-0.39, 0.29) is 6.61 Å². The summed E-state index contributed by atoms with van der Waals surface area (Å²) < 4.78 is 2.40.